The van der Waals surface area contributed by atoms with Gasteiger partial charge in [0.1, 0.15) is 19.3 Å². The lowest BCUT2D eigenvalue weighted by Crippen LogP contribution is -2.30. The highest BCUT2D eigenvalue weighted by molar-refractivity contribution is 7.47. The molecular weight excluding hydrogens is 1220 g/mol. The van der Waals surface area contributed by atoms with Crippen LogP contribution < -0.4 is 0 Å². The monoisotopic (exact) mass is 1370 g/mol. The maximum atomic E-state index is 13.1. The van der Waals surface area contributed by atoms with Gasteiger partial charge in [0.2, 0.25) is 0 Å². The van der Waals surface area contributed by atoms with Crippen LogP contribution in [0, 0.1) is 11.8 Å². The third kappa shape index (κ3) is 68.4. The molecule has 552 valence electrons. The molecule has 0 aromatic rings. The number of carbonyl (C=O) groups is 4. The maximum absolute atomic E-state index is 13.1. The summed E-state index contributed by atoms with van der Waals surface area (Å²) in [5.41, 5.74) is 0. The fraction of sp³-hybridized carbons (Fsp3) is 0.946. The van der Waals surface area contributed by atoms with Crippen molar-refractivity contribution in [2.45, 2.75) is 400 Å². The van der Waals surface area contributed by atoms with Crippen molar-refractivity contribution < 1.29 is 80.2 Å². The summed E-state index contributed by atoms with van der Waals surface area (Å²) < 4.78 is 68.4. The first kappa shape index (κ1) is 91.1. The van der Waals surface area contributed by atoms with E-state index in [1.807, 2.05) is 0 Å². The van der Waals surface area contributed by atoms with E-state index in [-0.39, 0.29) is 25.7 Å². The third-order valence-electron chi connectivity index (χ3n) is 17.2. The number of carbonyl (C=O) groups excluding carboxylic acids is 4. The van der Waals surface area contributed by atoms with E-state index in [2.05, 4.69) is 41.5 Å². The zero-order chi connectivity index (χ0) is 68.6. The maximum Gasteiger partial charge on any atom is 0.472 e. The predicted molar refractivity (Wildman–Crippen MR) is 377 cm³/mol. The first-order valence-corrected chi connectivity index (χ1v) is 41.5. The Bertz CT molecular complexity index is 1800. The first-order valence-electron chi connectivity index (χ1n) is 38.5. The Labute approximate surface area is 568 Å². The summed E-state index contributed by atoms with van der Waals surface area (Å²) in [4.78, 5) is 72.6. The summed E-state index contributed by atoms with van der Waals surface area (Å²) in [7, 11) is -9.90. The Morgan fingerprint density at radius 1 is 0.290 bits per heavy atom. The fourth-order valence-corrected chi connectivity index (χ4v) is 12.9. The van der Waals surface area contributed by atoms with Crippen LogP contribution in [0.2, 0.25) is 0 Å². The van der Waals surface area contributed by atoms with Gasteiger partial charge in [-0.2, -0.15) is 0 Å². The molecule has 3 N–H and O–H groups in total. The molecule has 0 aromatic heterocycles. The molecule has 0 amide bonds. The number of ether oxygens (including phenoxy) is 4. The zero-order valence-corrected chi connectivity index (χ0v) is 62.3. The second-order valence-electron chi connectivity index (χ2n) is 27.6. The summed E-state index contributed by atoms with van der Waals surface area (Å²) >= 11 is 0. The highest BCUT2D eigenvalue weighted by Crippen LogP contribution is 2.45. The molecule has 0 radical (unpaired) electrons. The summed E-state index contributed by atoms with van der Waals surface area (Å²) in [5, 5.41) is 10.6. The number of hydrogen-bond acceptors (Lipinski definition) is 15. The van der Waals surface area contributed by atoms with Crippen molar-refractivity contribution in [3.8, 4) is 0 Å². The average molecular weight is 1370 g/mol. The summed E-state index contributed by atoms with van der Waals surface area (Å²) in [5.74, 6) is -0.698. The van der Waals surface area contributed by atoms with Gasteiger partial charge in [0.15, 0.2) is 12.2 Å². The van der Waals surface area contributed by atoms with Crippen LogP contribution in [-0.2, 0) is 65.4 Å². The van der Waals surface area contributed by atoms with Crippen LogP contribution in [0.4, 0.5) is 0 Å². The molecule has 93 heavy (non-hydrogen) atoms. The highest BCUT2D eigenvalue weighted by Gasteiger charge is 2.30. The van der Waals surface area contributed by atoms with Crippen molar-refractivity contribution in [2.24, 2.45) is 11.8 Å². The lowest BCUT2D eigenvalue weighted by atomic mass is 10.0. The molecule has 2 unspecified atom stereocenters. The van der Waals surface area contributed by atoms with E-state index in [0.29, 0.717) is 31.6 Å². The molecule has 0 aliphatic heterocycles. The Morgan fingerprint density at radius 3 is 0.731 bits per heavy atom. The lowest BCUT2D eigenvalue weighted by molar-refractivity contribution is -0.161. The second kappa shape index (κ2) is 66.0. The molecule has 0 fully saturated rings. The lowest BCUT2D eigenvalue weighted by Gasteiger charge is -2.21. The fourth-order valence-electron chi connectivity index (χ4n) is 11.3. The first-order chi connectivity index (χ1) is 44.9. The van der Waals surface area contributed by atoms with Gasteiger partial charge >= 0.3 is 39.5 Å². The Morgan fingerprint density at radius 2 is 0.495 bits per heavy atom. The van der Waals surface area contributed by atoms with E-state index in [1.165, 1.54) is 193 Å². The highest BCUT2D eigenvalue weighted by atomic mass is 31.2. The Kier molecular flexibility index (Phi) is 64.6. The van der Waals surface area contributed by atoms with Crippen molar-refractivity contribution in [2.75, 3.05) is 39.6 Å². The van der Waals surface area contributed by atoms with Crippen LogP contribution >= 0.6 is 15.6 Å². The molecule has 0 bridgehead atoms. The number of aliphatic hydroxyl groups excluding tert-OH is 1. The van der Waals surface area contributed by atoms with Gasteiger partial charge in [-0.3, -0.25) is 37.3 Å². The van der Waals surface area contributed by atoms with Gasteiger partial charge in [0.25, 0.3) is 0 Å². The minimum atomic E-state index is -4.95. The molecule has 0 saturated heterocycles. The van der Waals surface area contributed by atoms with Gasteiger partial charge in [-0.05, 0) is 37.5 Å². The largest absolute Gasteiger partial charge is 0.472 e. The standard InChI is InChI=1S/C74H144O17P2/c1-7-9-11-13-15-17-19-21-22-23-24-25-26-27-28-30-34-39-47-53-59-74(79)90-69(62-84-71(76)56-50-44-37-35-31-32-36-42-48-54-66(3)4)64-88-92(80,81)86-60-68(75)61-87-93(82,83)89-65-70(63-85-72(77)57-51-45-41-40-43-49-55-67(5)6)91-73(78)58-52-46-38-33-29-20-18-16-14-12-10-8-2/h66-70,75H,7-65H2,1-6H3,(H,80,81)(H,82,83)/t68-,69-,70-/m1/s1. The number of hydrogen-bond donors (Lipinski definition) is 3. The van der Waals surface area contributed by atoms with Crippen molar-refractivity contribution in [3.05, 3.63) is 0 Å². The van der Waals surface area contributed by atoms with Crippen LogP contribution in [-0.4, -0.2) is 96.7 Å². The molecule has 0 aliphatic carbocycles. The molecule has 0 heterocycles. The van der Waals surface area contributed by atoms with E-state index in [1.54, 1.807) is 0 Å². The van der Waals surface area contributed by atoms with Crippen LogP contribution in [0.1, 0.15) is 382 Å². The molecule has 5 atom stereocenters. The summed E-state index contributed by atoms with van der Waals surface area (Å²) in [6, 6.07) is 0. The SMILES string of the molecule is CCCCCCCCCCCCCCCCCCCCCCC(=O)O[C@H](COC(=O)CCCCCCCCCCCC(C)C)COP(=O)(O)OC[C@@H](O)COP(=O)(O)OC[C@@H](COC(=O)CCCCCCCCC(C)C)OC(=O)CCCCCCCCCCCCCC. The minimum Gasteiger partial charge on any atom is -0.462 e. The average Bonchev–Trinajstić information content (AvgIpc) is 1.65. The number of rotatable bonds is 73. The number of phosphoric ester groups is 2. The van der Waals surface area contributed by atoms with Crippen molar-refractivity contribution >= 4 is 39.5 Å². The van der Waals surface area contributed by atoms with Gasteiger partial charge in [-0.15, -0.1) is 0 Å². The van der Waals surface area contributed by atoms with Gasteiger partial charge in [0, 0.05) is 25.7 Å². The smallest absolute Gasteiger partial charge is 0.462 e. The molecule has 0 aliphatic rings. The van der Waals surface area contributed by atoms with Gasteiger partial charge in [-0.25, -0.2) is 9.13 Å². The molecule has 0 saturated carbocycles. The second-order valence-corrected chi connectivity index (χ2v) is 30.5. The topological polar surface area (TPSA) is 237 Å². The minimum absolute atomic E-state index is 0.106. The van der Waals surface area contributed by atoms with E-state index in [4.69, 9.17) is 37.0 Å². The Balaban J connectivity index is 5.19. The molecule has 17 nitrogen and oxygen atoms in total. The third-order valence-corrected chi connectivity index (χ3v) is 19.1. The van der Waals surface area contributed by atoms with Gasteiger partial charge in [-0.1, -0.05) is 330 Å². The molecule has 0 rings (SSSR count). The van der Waals surface area contributed by atoms with E-state index in [0.717, 1.165) is 102 Å². The van der Waals surface area contributed by atoms with Crippen molar-refractivity contribution in [3.63, 3.8) is 0 Å². The van der Waals surface area contributed by atoms with Crippen LogP contribution in [0.3, 0.4) is 0 Å². The van der Waals surface area contributed by atoms with Crippen molar-refractivity contribution in [1.29, 1.82) is 0 Å². The van der Waals surface area contributed by atoms with E-state index < -0.39 is 97.5 Å². The number of unbranched alkanes of at least 4 members (excludes halogenated alkanes) is 43. The summed E-state index contributed by atoms with van der Waals surface area (Å²) in [6.45, 7) is 9.48. The predicted octanol–water partition coefficient (Wildman–Crippen LogP) is 21.6. The molecule has 19 heteroatoms. The van der Waals surface area contributed by atoms with Crippen molar-refractivity contribution in [1.82, 2.24) is 0 Å². The van der Waals surface area contributed by atoms with Crippen LogP contribution in [0.25, 0.3) is 0 Å². The van der Waals surface area contributed by atoms with Crippen LogP contribution in [0.5, 0.6) is 0 Å². The quantitative estimate of drug-likeness (QED) is 0.0222. The van der Waals surface area contributed by atoms with E-state index in [9.17, 15) is 43.2 Å². The normalized spacial score (nSPS) is 14.1. The zero-order valence-electron chi connectivity index (χ0n) is 60.6. The molecule has 0 spiro atoms. The van der Waals surface area contributed by atoms with Gasteiger partial charge < -0.3 is 33.8 Å². The Hall–Kier alpha value is -1.94. The molecule has 0 aromatic carbocycles. The van der Waals surface area contributed by atoms with Gasteiger partial charge in [0.05, 0.1) is 26.4 Å². The van der Waals surface area contributed by atoms with E-state index >= 15 is 0 Å². The number of esters is 4. The molecular formula is C74H144O17P2. The summed E-state index contributed by atoms with van der Waals surface area (Å²) in [6.07, 6.45) is 53.0. The number of aliphatic hydroxyl groups is 1. The number of phosphoric acid groups is 2. The van der Waals surface area contributed by atoms with Crippen LogP contribution in [0.15, 0.2) is 0 Å².